The van der Waals surface area contributed by atoms with Crippen LogP contribution in [0.15, 0.2) is 0 Å². The van der Waals surface area contributed by atoms with Crippen LogP contribution in [0.2, 0.25) is 0 Å². The van der Waals surface area contributed by atoms with Crippen molar-refractivity contribution in [2.45, 2.75) is 13.3 Å². The number of nitrogens with zero attached hydrogens (tertiary/aromatic N) is 2. The van der Waals surface area contributed by atoms with Gasteiger partial charge in [0.25, 0.3) is 0 Å². The molecule has 0 aromatic carbocycles. The fourth-order valence-electron chi connectivity index (χ4n) is 1.74. The molecule has 1 fully saturated rings. The van der Waals surface area contributed by atoms with E-state index in [1.807, 2.05) is 14.0 Å². The lowest BCUT2D eigenvalue weighted by atomic mass is 10.1. The third-order valence-corrected chi connectivity index (χ3v) is 2.69. The van der Waals surface area contributed by atoms with E-state index in [0.29, 0.717) is 24.1 Å². The standard InChI is InChI=1S/C10H17N3O2/c1-7-9(11)10(13(2)12-7)15-6-8-3-4-14-5-8/h8H,3-6,11H2,1-2H3. The number of aromatic nitrogens is 2. The summed E-state index contributed by atoms with van der Waals surface area (Å²) in [5, 5.41) is 4.19. The fraction of sp³-hybridized carbons (Fsp3) is 0.700. The molecular formula is C10H17N3O2. The molecule has 1 saturated heterocycles. The Labute approximate surface area is 89.2 Å². The summed E-state index contributed by atoms with van der Waals surface area (Å²) in [6, 6.07) is 0. The van der Waals surface area contributed by atoms with Crippen LogP contribution in [-0.2, 0) is 11.8 Å². The van der Waals surface area contributed by atoms with Gasteiger partial charge in [-0.3, -0.25) is 0 Å². The molecule has 0 radical (unpaired) electrons. The summed E-state index contributed by atoms with van der Waals surface area (Å²) in [6.07, 6.45) is 1.07. The van der Waals surface area contributed by atoms with Gasteiger partial charge in [0.1, 0.15) is 5.69 Å². The molecular weight excluding hydrogens is 194 g/mol. The molecule has 0 spiro atoms. The minimum absolute atomic E-state index is 0.486. The first-order chi connectivity index (χ1) is 7.18. The summed E-state index contributed by atoms with van der Waals surface area (Å²) < 4.78 is 12.6. The van der Waals surface area contributed by atoms with Crippen molar-refractivity contribution >= 4 is 5.69 Å². The van der Waals surface area contributed by atoms with Crippen LogP contribution in [0.3, 0.4) is 0 Å². The maximum Gasteiger partial charge on any atom is 0.235 e. The lowest BCUT2D eigenvalue weighted by molar-refractivity contribution is 0.164. The minimum Gasteiger partial charge on any atom is -0.476 e. The van der Waals surface area contributed by atoms with Gasteiger partial charge in [-0.25, -0.2) is 4.68 Å². The quantitative estimate of drug-likeness (QED) is 0.800. The Morgan fingerprint density at radius 2 is 2.47 bits per heavy atom. The summed E-state index contributed by atoms with van der Waals surface area (Å²) >= 11 is 0. The van der Waals surface area contributed by atoms with Crippen molar-refractivity contribution in [2.75, 3.05) is 25.6 Å². The highest BCUT2D eigenvalue weighted by Gasteiger charge is 2.18. The van der Waals surface area contributed by atoms with Crippen LogP contribution in [0.25, 0.3) is 0 Å². The normalized spacial score (nSPS) is 20.8. The molecule has 5 heteroatoms. The van der Waals surface area contributed by atoms with Crippen molar-refractivity contribution in [1.82, 2.24) is 9.78 Å². The van der Waals surface area contributed by atoms with Crippen LogP contribution < -0.4 is 10.5 Å². The van der Waals surface area contributed by atoms with E-state index < -0.39 is 0 Å². The van der Waals surface area contributed by atoms with E-state index in [2.05, 4.69) is 5.10 Å². The Bertz CT molecular complexity index is 343. The van der Waals surface area contributed by atoms with E-state index in [0.717, 1.165) is 25.3 Å². The lowest BCUT2D eigenvalue weighted by Gasteiger charge is -2.10. The maximum absolute atomic E-state index is 5.85. The Morgan fingerprint density at radius 1 is 1.67 bits per heavy atom. The van der Waals surface area contributed by atoms with Crippen LogP contribution in [0.4, 0.5) is 5.69 Å². The number of anilines is 1. The van der Waals surface area contributed by atoms with Crippen molar-refractivity contribution in [2.24, 2.45) is 13.0 Å². The van der Waals surface area contributed by atoms with Gasteiger partial charge in [0, 0.05) is 19.6 Å². The van der Waals surface area contributed by atoms with Gasteiger partial charge >= 0.3 is 0 Å². The number of nitrogens with two attached hydrogens (primary N) is 1. The van der Waals surface area contributed by atoms with Crippen LogP contribution in [0.1, 0.15) is 12.1 Å². The van der Waals surface area contributed by atoms with Crippen LogP contribution in [-0.4, -0.2) is 29.6 Å². The Balaban J connectivity index is 1.97. The monoisotopic (exact) mass is 211 g/mol. The number of hydrogen-bond donors (Lipinski definition) is 1. The largest absolute Gasteiger partial charge is 0.476 e. The Morgan fingerprint density at radius 3 is 3.00 bits per heavy atom. The van der Waals surface area contributed by atoms with Gasteiger partial charge in [-0.1, -0.05) is 0 Å². The summed E-state index contributed by atoms with van der Waals surface area (Å²) in [6.45, 7) is 4.16. The van der Waals surface area contributed by atoms with Crippen molar-refractivity contribution in [3.8, 4) is 5.88 Å². The van der Waals surface area contributed by atoms with Crippen LogP contribution in [0.5, 0.6) is 5.88 Å². The fourth-order valence-corrected chi connectivity index (χ4v) is 1.74. The molecule has 0 aliphatic carbocycles. The molecule has 1 atom stereocenters. The second-order valence-corrected chi connectivity index (χ2v) is 3.97. The molecule has 84 valence electrons. The highest BCUT2D eigenvalue weighted by atomic mass is 16.5. The summed E-state index contributed by atoms with van der Waals surface area (Å²) in [4.78, 5) is 0. The van der Waals surface area contributed by atoms with Gasteiger partial charge in [-0.05, 0) is 13.3 Å². The smallest absolute Gasteiger partial charge is 0.235 e. The SMILES string of the molecule is Cc1nn(C)c(OCC2CCOC2)c1N. The van der Waals surface area contributed by atoms with Crippen molar-refractivity contribution < 1.29 is 9.47 Å². The van der Waals surface area contributed by atoms with E-state index in [1.54, 1.807) is 4.68 Å². The van der Waals surface area contributed by atoms with E-state index >= 15 is 0 Å². The maximum atomic E-state index is 5.85. The summed E-state index contributed by atoms with van der Waals surface area (Å²) in [5.74, 6) is 1.15. The van der Waals surface area contributed by atoms with E-state index in [1.165, 1.54) is 0 Å². The lowest BCUT2D eigenvalue weighted by Crippen LogP contribution is -2.13. The van der Waals surface area contributed by atoms with E-state index in [9.17, 15) is 0 Å². The predicted molar refractivity (Wildman–Crippen MR) is 56.8 cm³/mol. The molecule has 15 heavy (non-hydrogen) atoms. The van der Waals surface area contributed by atoms with Crippen LogP contribution >= 0.6 is 0 Å². The average molecular weight is 211 g/mol. The summed E-state index contributed by atoms with van der Waals surface area (Å²) in [5.41, 5.74) is 7.30. The van der Waals surface area contributed by atoms with Gasteiger partial charge in [-0.2, -0.15) is 5.10 Å². The van der Waals surface area contributed by atoms with Crippen molar-refractivity contribution in [1.29, 1.82) is 0 Å². The average Bonchev–Trinajstić information content (AvgIpc) is 2.76. The molecule has 2 heterocycles. The van der Waals surface area contributed by atoms with Gasteiger partial charge in [0.15, 0.2) is 0 Å². The molecule has 0 saturated carbocycles. The van der Waals surface area contributed by atoms with E-state index in [-0.39, 0.29) is 0 Å². The molecule has 2 N–H and O–H groups in total. The highest BCUT2D eigenvalue weighted by molar-refractivity contribution is 5.52. The van der Waals surface area contributed by atoms with Crippen LogP contribution in [0, 0.1) is 12.8 Å². The predicted octanol–water partition coefficient (Wildman–Crippen LogP) is 0.726. The van der Waals surface area contributed by atoms with E-state index in [4.69, 9.17) is 15.2 Å². The first kappa shape index (κ1) is 10.3. The molecule has 5 nitrogen and oxygen atoms in total. The second-order valence-electron chi connectivity index (χ2n) is 3.97. The Kier molecular flexibility index (Phi) is 2.81. The van der Waals surface area contributed by atoms with Gasteiger partial charge in [0.05, 0.1) is 18.9 Å². The zero-order valence-electron chi connectivity index (χ0n) is 9.19. The molecule has 1 aliphatic heterocycles. The first-order valence-electron chi connectivity index (χ1n) is 5.18. The van der Waals surface area contributed by atoms with Gasteiger partial charge < -0.3 is 15.2 Å². The second kappa shape index (κ2) is 4.10. The number of ether oxygens (including phenoxy) is 2. The topological polar surface area (TPSA) is 62.3 Å². The molecule has 2 rings (SSSR count). The highest BCUT2D eigenvalue weighted by Crippen LogP contribution is 2.24. The minimum atomic E-state index is 0.486. The molecule has 1 aromatic heterocycles. The number of aryl methyl sites for hydroxylation is 2. The molecule has 1 unspecified atom stereocenters. The number of rotatable bonds is 3. The van der Waals surface area contributed by atoms with Crippen molar-refractivity contribution in [3.05, 3.63) is 5.69 Å². The molecule has 0 bridgehead atoms. The zero-order valence-corrected chi connectivity index (χ0v) is 9.19. The Hall–Kier alpha value is -1.23. The third-order valence-electron chi connectivity index (χ3n) is 2.69. The zero-order chi connectivity index (χ0) is 10.8. The van der Waals surface area contributed by atoms with Gasteiger partial charge in [-0.15, -0.1) is 0 Å². The number of nitrogen functional groups attached to an aromatic ring is 1. The molecule has 1 aromatic rings. The summed E-state index contributed by atoms with van der Waals surface area (Å²) in [7, 11) is 1.84. The van der Waals surface area contributed by atoms with Gasteiger partial charge in [0.2, 0.25) is 5.88 Å². The molecule has 1 aliphatic rings. The number of hydrogen-bond acceptors (Lipinski definition) is 4. The van der Waals surface area contributed by atoms with Crippen molar-refractivity contribution in [3.63, 3.8) is 0 Å². The third kappa shape index (κ3) is 2.07. The first-order valence-corrected chi connectivity index (χ1v) is 5.18. The molecule has 0 amide bonds.